The number of aromatic nitrogens is 2. The fourth-order valence-corrected chi connectivity index (χ4v) is 3.06. The predicted octanol–water partition coefficient (Wildman–Crippen LogP) is 5.52. The van der Waals surface area contributed by atoms with E-state index in [1.54, 1.807) is 13.0 Å². The minimum atomic E-state index is -3.17. The summed E-state index contributed by atoms with van der Waals surface area (Å²) in [5, 5.41) is 16.1. The zero-order valence-electron chi connectivity index (χ0n) is 15.6. The molecule has 1 N–H and O–H groups in total. The zero-order valence-corrected chi connectivity index (χ0v) is 16.4. The number of carbonyl (C=O) groups excluding carboxylic acids is 1. The first-order valence-corrected chi connectivity index (χ1v) is 8.93. The summed E-state index contributed by atoms with van der Waals surface area (Å²) in [5.74, 6) is -1.17. The number of carbonyl (C=O) groups is 1. The van der Waals surface area contributed by atoms with Gasteiger partial charge in [-0.1, -0.05) is 17.7 Å². The number of amides is 1. The summed E-state index contributed by atoms with van der Waals surface area (Å²) >= 11 is 5.59. The van der Waals surface area contributed by atoms with Crippen molar-refractivity contribution < 1.29 is 31.7 Å². The van der Waals surface area contributed by atoms with Crippen molar-refractivity contribution in [1.29, 1.82) is 0 Å². The number of hydrogen-bond donors (Lipinski definition) is 1. The van der Waals surface area contributed by atoms with E-state index in [-0.39, 0.29) is 22.9 Å². The van der Waals surface area contributed by atoms with Gasteiger partial charge < -0.3 is 9.73 Å². The van der Waals surface area contributed by atoms with Gasteiger partial charge in [-0.15, -0.1) is 0 Å². The normalized spacial score (nSPS) is 11.4. The molecular formula is C18H13ClF4N4O4. The van der Waals surface area contributed by atoms with Gasteiger partial charge >= 0.3 is 0 Å². The SMILES string of the molecule is Cc1ccc(NC(=O)c2ccc(Cn3nc(C(F)F)c(Cl)c3C(F)F)o2)c([N+](=O)[O-])c1. The second kappa shape index (κ2) is 8.76. The molecular weight excluding hydrogens is 448 g/mol. The molecule has 164 valence electrons. The summed E-state index contributed by atoms with van der Waals surface area (Å²) in [5.41, 5.74) is -1.69. The summed E-state index contributed by atoms with van der Waals surface area (Å²) in [4.78, 5) is 22.9. The second-order valence-electron chi connectivity index (χ2n) is 6.34. The van der Waals surface area contributed by atoms with Crippen LogP contribution in [0.3, 0.4) is 0 Å². The molecule has 2 heterocycles. The van der Waals surface area contributed by atoms with Gasteiger partial charge in [0.25, 0.3) is 24.4 Å². The van der Waals surface area contributed by atoms with Crippen molar-refractivity contribution in [2.45, 2.75) is 26.3 Å². The Morgan fingerprint density at radius 1 is 1.26 bits per heavy atom. The Morgan fingerprint density at radius 2 is 1.97 bits per heavy atom. The van der Waals surface area contributed by atoms with Gasteiger partial charge in [-0.25, -0.2) is 17.6 Å². The summed E-state index contributed by atoms with van der Waals surface area (Å²) in [6.07, 6.45) is -6.33. The molecule has 31 heavy (non-hydrogen) atoms. The molecule has 0 bridgehead atoms. The van der Waals surface area contributed by atoms with Crippen LogP contribution in [0, 0.1) is 17.0 Å². The van der Waals surface area contributed by atoms with Crippen LogP contribution in [0.2, 0.25) is 5.02 Å². The lowest BCUT2D eigenvalue weighted by atomic mass is 10.2. The molecule has 2 aromatic heterocycles. The maximum atomic E-state index is 13.2. The summed E-state index contributed by atoms with van der Waals surface area (Å²) in [7, 11) is 0. The molecule has 1 amide bonds. The number of benzene rings is 1. The van der Waals surface area contributed by atoms with Crippen LogP contribution < -0.4 is 5.32 Å². The maximum Gasteiger partial charge on any atom is 0.293 e. The average Bonchev–Trinajstić information content (AvgIpc) is 3.27. The highest BCUT2D eigenvalue weighted by Crippen LogP contribution is 2.35. The number of alkyl halides is 4. The number of furan rings is 1. The number of halogens is 5. The minimum Gasteiger partial charge on any atom is -0.454 e. The molecule has 0 fully saturated rings. The van der Waals surface area contributed by atoms with Crippen LogP contribution in [-0.2, 0) is 6.54 Å². The first-order chi connectivity index (χ1) is 14.6. The number of hydrogen-bond acceptors (Lipinski definition) is 5. The molecule has 0 atom stereocenters. The molecule has 0 unspecified atom stereocenters. The van der Waals surface area contributed by atoms with E-state index >= 15 is 0 Å². The van der Waals surface area contributed by atoms with Gasteiger partial charge in [0.1, 0.15) is 22.8 Å². The highest BCUT2D eigenvalue weighted by atomic mass is 35.5. The highest BCUT2D eigenvalue weighted by molar-refractivity contribution is 6.32. The fourth-order valence-electron chi connectivity index (χ4n) is 2.76. The van der Waals surface area contributed by atoms with E-state index in [0.717, 1.165) is 0 Å². The van der Waals surface area contributed by atoms with E-state index in [9.17, 15) is 32.5 Å². The number of aryl methyl sites for hydroxylation is 1. The van der Waals surface area contributed by atoms with Crippen molar-refractivity contribution in [1.82, 2.24) is 9.78 Å². The lowest BCUT2D eigenvalue weighted by Gasteiger charge is -2.06. The van der Waals surface area contributed by atoms with Crippen LogP contribution in [0.1, 0.15) is 46.1 Å². The predicted molar refractivity (Wildman–Crippen MR) is 101 cm³/mol. The van der Waals surface area contributed by atoms with Crippen molar-refractivity contribution in [3.05, 3.63) is 73.9 Å². The first kappa shape index (κ1) is 22.3. The topological polar surface area (TPSA) is 103 Å². The fraction of sp³-hybridized carbons (Fsp3) is 0.222. The van der Waals surface area contributed by atoms with Gasteiger partial charge in [-0.05, 0) is 30.7 Å². The van der Waals surface area contributed by atoms with Crippen molar-refractivity contribution in [3.63, 3.8) is 0 Å². The minimum absolute atomic E-state index is 0.0505. The van der Waals surface area contributed by atoms with Gasteiger partial charge in [-0.3, -0.25) is 19.6 Å². The number of nitrogens with one attached hydrogen (secondary N) is 1. The van der Waals surface area contributed by atoms with E-state index in [0.29, 0.717) is 10.2 Å². The zero-order chi connectivity index (χ0) is 22.9. The Bertz CT molecular complexity index is 1150. The van der Waals surface area contributed by atoms with Gasteiger partial charge in [-0.2, -0.15) is 5.10 Å². The molecule has 0 aliphatic carbocycles. The third-order valence-electron chi connectivity index (χ3n) is 4.16. The lowest BCUT2D eigenvalue weighted by molar-refractivity contribution is -0.384. The van der Waals surface area contributed by atoms with Crippen molar-refractivity contribution in [2.24, 2.45) is 0 Å². The van der Waals surface area contributed by atoms with Crippen molar-refractivity contribution in [2.75, 3.05) is 5.32 Å². The van der Waals surface area contributed by atoms with E-state index in [1.807, 2.05) is 0 Å². The van der Waals surface area contributed by atoms with E-state index in [1.165, 1.54) is 24.3 Å². The molecule has 8 nitrogen and oxygen atoms in total. The number of anilines is 1. The third-order valence-corrected chi connectivity index (χ3v) is 4.55. The highest BCUT2D eigenvalue weighted by Gasteiger charge is 2.28. The maximum absolute atomic E-state index is 13.2. The van der Waals surface area contributed by atoms with E-state index in [4.69, 9.17) is 16.0 Å². The second-order valence-corrected chi connectivity index (χ2v) is 6.72. The smallest absolute Gasteiger partial charge is 0.293 e. The quantitative estimate of drug-likeness (QED) is 0.284. The standard InChI is InChI=1S/C18H13ClF4N4O4/c1-8-2-4-10(11(6-8)27(29)30)24-18(28)12-5-3-9(31-12)7-26-15(17(22)23)13(19)14(25-26)16(20)21/h2-6,16-17H,7H2,1H3,(H,24,28). The molecule has 0 aliphatic rings. The average molecular weight is 461 g/mol. The summed E-state index contributed by atoms with van der Waals surface area (Å²) in [6, 6.07) is 6.64. The van der Waals surface area contributed by atoms with Crippen LogP contribution in [0.15, 0.2) is 34.7 Å². The summed E-state index contributed by atoms with van der Waals surface area (Å²) in [6.45, 7) is 1.15. The molecule has 0 spiro atoms. The monoisotopic (exact) mass is 460 g/mol. The molecule has 3 rings (SSSR count). The molecule has 1 aromatic carbocycles. The molecule has 0 saturated carbocycles. The Labute approximate surface area is 176 Å². The third kappa shape index (κ3) is 4.68. The number of nitro groups is 1. The first-order valence-electron chi connectivity index (χ1n) is 8.56. The number of rotatable bonds is 7. The van der Waals surface area contributed by atoms with Crippen LogP contribution in [0.25, 0.3) is 0 Å². The molecule has 0 aliphatic heterocycles. The number of nitro benzene ring substituents is 1. The van der Waals surface area contributed by atoms with Gasteiger partial charge in [0.15, 0.2) is 5.76 Å². The Balaban J connectivity index is 1.82. The lowest BCUT2D eigenvalue weighted by Crippen LogP contribution is -2.12. The van der Waals surface area contributed by atoms with Crippen molar-refractivity contribution >= 4 is 28.9 Å². The van der Waals surface area contributed by atoms with Gasteiger partial charge in [0, 0.05) is 6.07 Å². The largest absolute Gasteiger partial charge is 0.454 e. The Hall–Kier alpha value is -3.41. The van der Waals surface area contributed by atoms with Gasteiger partial charge in [0.2, 0.25) is 0 Å². The Morgan fingerprint density at radius 3 is 2.58 bits per heavy atom. The van der Waals surface area contributed by atoms with Crippen LogP contribution in [-0.4, -0.2) is 20.6 Å². The molecule has 13 heteroatoms. The van der Waals surface area contributed by atoms with Gasteiger partial charge in [0.05, 0.1) is 16.5 Å². The van der Waals surface area contributed by atoms with Crippen LogP contribution >= 0.6 is 11.6 Å². The molecule has 0 radical (unpaired) electrons. The Kier molecular flexibility index (Phi) is 6.29. The molecule has 0 saturated heterocycles. The summed E-state index contributed by atoms with van der Waals surface area (Å²) < 4.78 is 58.2. The van der Waals surface area contributed by atoms with Crippen LogP contribution in [0.4, 0.5) is 28.9 Å². The molecule has 3 aromatic rings. The van der Waals surface area contributed by atoms with E-state index < -0.39 is 46.6 Å². The van der Waals surface area contributed by atoms with Crippen molar-refractivity contribution in [3.8, 4) is 0 Å². The van der Waals surface area contributed by atoms with E-state index in [2.05, 4.69) is 10.4 Å². The van der Waals surface area contributed by atoms with Crippen LogP contribution in [0.5, 0.6) is 0 Å². The number of nitrogens with zero attached hydrogens (tertiary/aromatic N) is 3.